The van der Waals surface area contributed by atoms with Crippen LogP contribution in [0.1, 0.15) is 18.3 Å². The maximum absolute atomic E-state index is 12.2. The molecule has 6 heteroatoms. The molecule has 0 amide bonds. The molecule has 0 spiro atoms. The Balaban J connectivity index is 2.73. The van der Waals surface area contributed by atoms with Crippen molar-refractivity contribution in [2.75, 3.05) is 5.32 Å². The molecular weight excluding hydrogens is 190 g/mol. The molecule has 1 aromatic heterocycles. The van der Waals surface area contributed by atoms with E-state index in [9.17, 15) is 8.78 Å². The quantitative estimate of drug-likeness (QED) is 0.808. The Hall–Kier alpha value is -1.33. The number of aromatic nitrogens is 3. The number of nitrogens with one attached hydrogen (secondary N) is 1. The first-order chi connectivity index (χ1) is 6.50. The third-order valence-electron chi connectivity index (χ3n) is 1.83. The van der Waals surface area contributed by atoms with Crippen molar-refractivity contribution in [2.24, 2.45) is 0 Å². The van der Waals surface area contributed by atoms with Crippen LogP contribution >= 0.6 is 0 Å². The Morgan fingerprint density at radius 1 is 1.14 bits per heavy atom. The second kappa shape index (κ2) is 4.26. The van der Waals surface area contributed by atoms with E-state index in [1.54, 1.807) is 13.8 Å². The number of halogens is 2. The molecule has 0 aliphatic heterocycles. The van der Waals surface area contributed by atoms with Crippen LogP contribution in [-0.2, 0) is 0 Å². The SMILES string of the molecule is Cc1nnc(NC(C)C(F)F)nc1C. The lowest BCUT2D eigenvalue weighted by Crippen LogP contribution is -2.25. The van der Waals surface area contributed by atoms with E-state index in [4.69, 9.17) is 0 Å². The third kappa shape index (κ3) is 2.58. The standard InChI is InChI=1S/C8H12F2N4/c1-4-5(2)13-14-8(11-4)12-6(3)7(9)10/h6-7H,1-3H3,(H,11,12,14). The predicted octanol–water partition coefficient (Wildman–Crippen LogP) is 1.55. The smallest absolute Gasteiger partial charge is 0.258 e. The molecule has 0 saturated carbocycles. The van der Waals surface area contributed by atoms with Crippen molar-refractivity contribution in [1.29, 1.82) is 0 Å². The zero-order valence-electron chi connectivity index (χ0n) is 8.25. The highest BCUT2D eigenvalue weighted by Gasteiger charge is 2.15. The van der Waals surface area contributed by atoms with Crippen LogP contribution in [0.5, 0.6) is 0 Å². The number of hydrogen-bond acceptors (Lipinski definition) is 4. The van der Waals surface area contributed by atoms with Crippen molar-refractivity contribution < 1.29 is 8.78 Å². The second-order valence-electron chi connectivity index (χ2n) is 3.07. The van der Waals surface area contributed by atoms with Gasteiger partial charge in [-0.3, -0.25) is 0 Å². The molecule has 1 rings (SSSR count). The van der Waals surface area contributed by atoms with Gasteiger partial charge in [0.25, 0.3) is 6.43 Å². The van der Waals surface area contributed by atoms with E-state index in [2.05, 4.69) is 20.5 Å². The summed E-state index contributed by atoms with van der Waals surface area (Å²) in [4.78, 5) is 3.98. The molecule has 1 N–H and O–H groups in total. The van der Waals surface area contributed by atoms with Crippen molar-refractivity contribution in [2.45, 2.75) is 33.2 Å². The predicted molar refractivity (Wildman–Crippen MR) is 48.4 cm³/mol. The highest BCUT2D eigenvalue weighted by molar-refractivity contribution is 5.26. The van der Waals surface area contributed by atoms with Gasteiger partial charge >= 0.3 is 0 Å². The Labute approximate surface area is 80.8 Å². The Bertz CT molecular complexity index is 316. The molecule has 1 aromatic rings. The van der Waals surface area contributed by atoms with Gasteiger partial charge in [-0.1, -0.05) is 0 Å². The lowest BCUT2D eigenvalue weighted by Gasteiger charge is -2.12. The summed E-state index contributed by atoms with van der Waals surface area (Å²) in [5.41, 5.74) is 1.38. The van der Waals surface area contributed by atoms with E-state index < -0.39 is 12.5 Å². The molecule has 14 heavy (non-hydrogen) atoms. The maximum atomic E-state index is 12.2. The molecule has 1 atom stereocenters. The van der Waals surface area contributed by atoms with E-state index in [-0.39, 0.29) is 5.95 Å². The lowest BCUT2D eigenvalue weighted by molar-refractivity contribution is 0.130. The van der Waals surface area contributed by atoms with Gasteiger partial charge in [-0.2, -0.15) is 5.10 Å². The minimum Gasteiger partial charge on any atom is -0.345 e. The van der Waals surface area contributed by atoms with Crippen LogP contribution in [-0.4, -0.2) is 27.6 Å². The molecule has 78 valence electrons. The van der Waals surface area contributed by atoms with Crippen molar-refractivity contribution >= 4 is 5.95 Å². The van der Waals surface area contributed by atoms with E-state index in [0.717, 1.165) is 0 Å². The molecular formula is C8H12F2N4. The van der Waals surface area contributed by atoms with Crippen molar-refractivity contribution in [3.63, 3.8) is 0 Å². The number of hydrogen-bond donors (Lipinski definition) is 1. The highest BCUT2D eigenvalue weighted by Crippen LogP contribution is 2.07. The van der Waals surface area contributed by atoms with Crippen LogP contribution < -0.4 is 5.32 Å². The monoisotopic (exact) mass is 202 g/mol. The molecule has 0 fully saturated rings. The highest BCUT2D eigenvalue weighted by atomic mass is 19.3. The summed E-state index contributed by atoms with van der Waals surface area (Å²) >= 11 is 0. The van der Waals surface area contributed by atoms with Gasteiger partial charge in [-0.25, -0.2) is 13.8 Å². The minimum atomic E-state index is -2.44. The zero-order valence-corrected chi connectivity index (χ0v) is 8.25. The number of aryl methyl sites for hydroxylation is 2. The molecule has 1 unspecified atom stereocenters. The molecule has 0 aromatic carbocycles. The summed E-state index contributed by atoms with van der Waals surface area (Å²) < 4.78 is 24.3. The van der Waals surface area contributed by atoms with E-state index in [1.165, 1.54) is 6.92 Å². The molecule has 1 heterocycles. The van der Waals surface area contributed by atoms with Crippen LogP contribution in [0.2, 0.25) is 0 Å². The van der Waals surface area contributed by atoms with Gasteiger partial charge in [0.2, 0.25) is 5.95 Å². The summed E-state index contributed by atoms with van der Waals surface area (Å²) in [5.74, 6) is 0.140. The largest absolute Gasteiger partial charge is 0.345 e. The van der Waals surface area contributed by atoms with Crippen molar-refractivity contribution in [1.82, 2.24) is 15.2 Å². The number of nitrogens with zero attached hydrogens (tertiary/aromatic N) is 3. The van der Waals surface area contributed by atoms with Gasteiger partial charge < -0.3 is 5.32 Å². The number of rotatable bonds is 3. The Kier molecular flexibility index (Phi) is 3.27. The Morgan fingerprint density at radius 3 is 2.29 bits per heavy atom. The minimum absolute atomic E-state index is 0.140. The molecule has 0 saturated heterocycles. The summed E-state index contributed by atoms with van der Waals surface area (Å²) in [6.07, 6.45) is -2.44. The first kappa shape index (κ1) is 10.7. The number of anilines is 1. The summed E-state index contributed by atoms with van der Waals surface area (Å²) in [5, 5.41) is 9.90. The summed E-state index contributed by atoms with van der Waals surface area (Å²) in [6, 6.07) is -0.973. The van der Waals surface area contributed by atoms with Gasteiger partial charge in [-0.15, -0.1) is 5.10 Å². The van der Waals surface area contributed by atoms with Gasteiger partial charge in [0, 0.05) is 0 Å². The summed E-state index contributed by atoms with van der Waals surface area (Å²) in [6.45, 7) is 4.88. The normalized spacial score (nSPS) is 13.0. The van der Waals surface area contributed by atoms with Crippen LogP contribution in [0.15, 0.2) is 0 Å². The first-order valence-electron chi connectivity index (χ1n) is 4.23. The average molecular weight is 202 g/mol. The van der Waals surface area contributed by atoms with Gasteiger partial charge in [0.15, 0.2) is 0 Å². The van der Waals surface area contributed by atoms with Gasteiger partial charge in [0.05, 0.1) is 17.4 Å². The topological polar surface area (TPSA) is 50.7 Å². The second-order valence-corrected chi connectivity index (χ2v) is 3.07. The third-order valence-corrected chi connectivity index (χ3v) is 1.83. The first-order valence-corrected chi connectivity index (χ1v) is 4.23. The van der Waals surface area contributed by atoms with Gasteiger partial charge in [-0.05, 0) is 20.8 Å². The average Bonchev–Trinajstić information content (AvgIpc) is 2.11. The molecule has 0 radical (unpaired) electrons. The van der Waals surface area contributed by atoms with E-state index in [0.29, 0.717) is 11.4 Å². The lowest BCUT2D eigenvalue weighted by atomic mass is 10.3. The maximum Gasteiger partial charge on any atom is 0.258 e. The van der Waals surface area contributed by atoms with Crippen molar-refractivity contribution in [3.8, 4) is 0 Å². The molecule has 4 nitrogen and oxygen atoms in total. The van der Waals surface area contributed by atoms with Crippen LogP contribution in [0, 0.1) is 13.8 Å². The van der Waals surface area contributed by atoms with Crippen LogP contribution in [0.25, 0.3) is 0 Å². The Morgan fingerprint density at radius 2 is 1.79 bits per heavy atom. The molecule has 0 aliphatic rings. The number of alkyl halides is 2. The van der Waals surface area contributed by atoms with Crippen LogP contribution in [0.4, 0.5) is 14.7 Å². The molecule has 0 bridgehead atoms. The van der Waals surface area contributed by atoms with Crippen LogP contribution in [0.3, 0.4) is 0 Å². The fourth-order valence-corrected chi connectivity index (χ4v) is 0.785. The summed E-state index contributed by atoms with van der Waals surface area (Å²) in [7, 11) is 0. The van der Waals surface area contributed by atoms with E-state index >= 15 is 0 Å². The zero-order chi connectivity index (χ0) is 10.7. The van der Waals surface area contributed by atoms with Crippen molar-refractivity contribution in [3.05, 3.63) is 11.4 Å². The molecule has 0 aliphatic carbocycles. The fourth-order valence-electron chi connectivity index (χ4n) is 0.785. The van der Waals surface area contributed by atoms with E-state index in [1.807, 2.05) is 0 Å². The fraction of sp³-hybridized carbons (Fsp3) is 0.625. The van der Waals surface area contributed by atoms with Gasteiger partial charge in [0.1, 0.15) is 0 Å².